The van der Waals surface area contributed by atoms with Crippen molar-refractivity contribution in [3.8, 4) is 0 Å². The van der Waals surface area contributed by atoms with Crippen LogP contribution >= 0.6 is 0 Å². The van der Waals surface area contributed by atoms with Crippen LogP contribution in [0.4, 0.5) is 5.82 Å². The van der Waals surface area contributed by atoms with Crippen molar-refractivity contribution in [2.75, 3.05) is 5.32 Å². The Morgan fingerprint density at radius 1 is 1.12 bits per heavy atom. The van der Waals surface area contributed by atoms with Crippen LogP contribution in [0.25, 0.3) is 11.2 Å². The van der Waals surface area contributed by atoms with Gasteiger partial charge in [0.25, 0.3) is 0 Å². The molecule has 2 aromatic heterocycles. The molecule has 2 heterocycles. The Morgan fingerprint density at radius 2 is 1.84 bits per heavy atom. The molecule has 0 atom stereocenters. The van der Waals surface area contributed by atoms with Gasteiger partial charge in [0.15, 0.2) is 11.5 Å². The number of carbonyl (C=O) groups excluding carboxylic acids is 1. The van der Waals surface area contributed by atoms with E-state index in [1.807, 2.05) is 58.2 Å². The third kappa shape index (κ3) is 4.24. The van der Waals surface area contributed by atoms with Crippen molar-refractivity contribution in [3.63, 3.8) is 0 Å². The third-order valence-corrected chi connectivity index (χ3v) is 3.91. The molecule has 1 amide bonds. The highest BCUT2D eigenvalue weighted by Gasteiger charge is 2.18. The molecule has 0 spiro atoms. The molecule has 0 saturated heterocycles. The number of rotatable bonds is 4. The highest BCUT2D eigenvalue weighted by atomic mass is 16.1. The van der Waals surface area contributed by atoms with Gasteiger partial charge in [0.2, 0.25) is 5.91 Å². The van der Waals surface area contributed by atoms with Crippen molar-refractivity contribution >= 4 is 22.9 Å². The van der Waals surface area contributed by atoms with Gasteiger partial charge in [-0.15, -0.1) is 0 Å². The Labute approximate surface area is 148 Å². The van der Waals surface area contributed by atoms with E-state index in [0.29, 0.717) is 12.2 Å². The van der Waals surface area contributed by atoms with E-state index >= 15 is 0 Å². The molecule has 0 aliphatic heterocycles. The molecule has 1 N–H and O–H groups in total. The maximum Gasteiger partial charge on any atom is 0.226 e. The van der Waals surface area contributed by atoms with Crippen molar-refractivity contribution in [2.45, 2.75) is 40.7 Å². The van der Waals surface area contributed by atoms with Gasteiger partial charge in [0.05, 0.1) is 5.69 Å². The molecule has 5 nitrogen and oxygen atoms in total. The van der Waals surface area contributed by atoms with Gasteiger partial charge in [0, 0.05) is 19.2 Å². The third-order valence-electron chi connectivity index (χ3n) is 3.91. The van der Waals surface area contributed by atoms with Crippen LogP contribution in [0, 0.1) is 12.3 Å². The zero-order valence-corrected chi connectivity index (χ0v) is 15.2. The van der Waals surface area contributed by atoms with Crippen molar-refractivity contribution in [2.24, 2.45) is 5.41 Å². The number of nitrogens with one attached hydrogen (secondary N) is 1. The molecule has 0 fully saturated rings. The van der Waals surface area contributed by atoms with Crippen LogP contribution in [0.15, 0.2) is 42.6 Å². The van der Waals surface area contributed by atoms with Gasteiger partial charge < -0.3 is 9.88 Å². The summed E-state index contributed by atoms with van der Waals surface area (Å²) in [5.74, 6) is 0.507. The van der Waals surface area contributed by atoms with Crippen LogP contribution in [0.1, 0.15) is 38.4 Å². The van der Waals surface area contributed by atoms with Crippen molar-refractivity contribution in [3.05, 3.63) is 53.9 Å². The highest BCUT2D eigenvalue weighted by Crippen LogP contribution is 2.22. The first-order valence-corrected chi connectivity index (χ1v) is 8.49. The topological polar surface area (TPSA) is 59.8 Å². The molecule has 1 aromatic carbocycles. The lowest BCUT2D eigenvalue weighted by Crippen LogP contribution is -2.21. The van der Waals surface area contributed by atoms with E-state index in [0.717, 1.165) is 23.4 Å². The molecule has 3 rings (SSSR count). The van der Waals surface area contributed by atoms with E-state index in [2.05, 4.69) is 32.0 Å². The molecule has 0 saturated carbocycles. The van der Waals surface area contributed by atoms with E-state index in [9.17, 15) is 4.79 Å². The fourth-order valence-corrected chi connectivity index (χ4v) is 2.76. The number of anilines is 1. The van der Waals surface area contributed by atoms with Crippen LogP contribution < -0.4 is 5.32 Å². The summed E-state index contributed by atoms with van der Waals surface area (Å²) in [4.78, 5) is 21.4. The molecule has 3 aromatic rings. The van der Waals surface area contributed by atoms with E-state index < -0.39 is 0 Å². The average Bonchev–Trinajstić information content (AvgIpc) is 2.89. The van der Waals surface area contributed by atoms with Crippen LogP contribution in [0.2, 0.25) is 0 Å². The van der Waals surface area contributed by atoms with Gasteiger partial charge in [0.1, 0.15) is 5.52 Å². The smallest absolute Gasteiger partial charge is 0.226 e. The summed E-state index contributed by atoms with van der Waals surface area (Å²) in [6.07, 6.45) is 2.43. The molecule has 0 radical (unpaired) electrons. The Morgan fingerprint density at radius 3 is 2.52 bits per heavy atom. The van der Waals surface area contributed by atoms with Gasteiger partial charge >= 0.3 is 0 Å². The first-order valence-electron chi connectivity index (χ1n) is 8.49. The fraction of sp³-hybridized carbons (Fsp3) is 0.350. The number of fused-ring (bicyclic) bond motifs is 1. The largest absolute Gasteiger partial charge is 0.327 e. The lowest BCUT2D eigenvalue weighted by molar-refractivity contribution is -0.117. The zero-order chi connectivity index (χ0) is 18.0. The molecule has 5 heteroatoms. The molecule has 0 aliphatic carbocycles. The van der Waals surface area contributed by atoms with E-state index in [1.165, 1.54) is 5.56 Å². The van der Waals surface area contributed by atoms with Gasteiger partial charge in [-0.3, -0.25) is 4.79 Å². The number of benzene rings is 1. The van der Waals surface area contributed by atoms with Crippen molar-refractivity contribution < 1.29 is 4.79 Å². The summed E-state index contributed by atoms with van der Waals surface area (Å²) in [5, 5.41) is 2.90. The summed E-state index contributed by atoms with van der Waals surface area (Å²) < 4.78 is 2.07. The molecule has 0 bridgehead atoms. The highest BCUT2D eigenvalue weighted by molar-refractivity contribution is 5.91. The number of carbonyl (C=O) groups is 1. The monoisotopic (exact) mass is 336 g/mol. The second kappa shape index (κ2) is 6.67. The Bertz CT molecular complexity index is 891. The van der Waals surface area contributed by atoms with Crippen LogP contribution in [-0.2, 0) is 11.3 Å². The lowest BCUT2D eigenvalue weighted by Gasteiger charge is -2.17. The van der Waals surface area contributed by atoms with Gasteiger partial charge in [-0.05, 0) is 24.0 Å². The second-order valence-electron chi connectivity index (χ2n) is 7.58. The van der Waals surface area contributed by atoms with Crippen LogP contribution in [0.5, 0.6) is 0 Å². The quantitative estimate of drug-likeness (QED) is 0.778. The van der Waals surface area contributed by atoms with Crippen LogP contribution in [-0.4, -0.2) is 20.4 Å². The van der Waals surface area contributed by atoms with Crippen molar-refractivity contribution in [1.29, 1.82) is 0 Å². The number of amides is 1. The van der Waals surface area contributed by atoms with Crippen LogP contribution in [0.3, 0.4) is 0 Å². The Hall–Kier alpha value is -2.69. The molecular formula is C20H24N4O. The predicted octanol–water partition coefficient (Wildman–Crippen LogP) is 4.16. The number of hydrogen-bond donors (Lipinski definition) is 1. The molecule has 0 aliphatic rings. The SMILES string of the molecule is Cc1nc2c(ccn2Cc2ccccc2)nc1NC(=O)CC(C)(C)C. The number of hydrogen-bond acceptors (Lipinski definition) is 3. The summed E-state index contributed by atoms with van der Waals surface area (Å²) >= 11 is 0. The normalized spacial score (nSPS) is 11.7. The minimum Gasteiger partial charge on any atom is -0.327 e. The van der Waals surface area contributed by atoms with Crippen molar-refractivity contribution in [1.82, 2.24) is 14.5 Å². The number of nitrogens with zero attached hydrogens (tertiary/aromatic N) is 3. The summed E-state index contributed by atoms with van der Waals surface area (Å²) in [6.45, 7) is 8.74. The number of aromatic nitrogens is 3. The lowest BCUT2D eigenvalue weighted by atomic mass is 9.92. The first-order chi connectivity index (χ1) is 11.8. The van der Waals surface area contributed by atoms with Gasteiger partial charge in [-0.25, -0.2) is 9.97 Å². The summed E-state index contributed by atoms with van der Waals surface area (Å²) in [7, 11) is 0. The van der Waals surface area contributed by atoms with E-state index in [1.54, 1.807) is 0 Å². The second-order valence-corrected chi connectivity index (χ2v) is 7.58. The zero-order valence-electron chi connectivity index (χ0n) is 15.2. The summed E-state index contributed by atoms with van der Waals surface area (Å²) in [5.41, 5.74) is 3.49. The number of aryl methyl sites for hydroxylation is 1. The average molecular weight is 336 g/mol. The predicted molar refractivity (Wildman–Crippen MR) is 101 cm³/mol. The molecular weight excluding hydrogens is 312 g/mol. The molecule has 25 heavy (non-hydrogen) atoms. The molecule has 0 unspecified atom stereocenters. The van der Waals surface area contributed by atoms with E-state index in [-0.39, 0.29) is 11.3 Å². The minimum absolute atomic E-state index is 0.0343. The maximum atomic E-state index is 12.2. The van der Waals surface area contributed by atoms with Gasteiger partial charge in [-0.2, -0.15) is 0 Å². The Balaban J connectivity index is 1.85. The van der Waals surface area contributed by atoms with Gasteiger partial charge in [-0.1, -0.05) is 51.1 Å². The molecule has 130 valence electrons. The van der Waals surface area contributed by atoms with E-state index in [4.69, 9.17) is 0 Å². The first kappa shape index (κ1) is 17.1. The summed E-state index contributed by atoms with van der Waals surface area (Å²) in [6, 6.07) is 12.2. The minimum atomic E-state index is -0.0610. The maximum absolute atomic E-state index is 12.2. The standard InChI is InChI=1S/C20H24N4O/c1-14-18(23-17(25)12-20(2,3)4)22-16-10-11-24(19(16)21-14)13-15-8-6-5-7-9-15/h5-11H,12-13H2,1-4H3,(H,22,23,25). The fourth-order valence-electron chi connectivity index (χ4n) is 2.76. The Kier molecular flexibility index (Phi) is 4.57.